The lowest BCUT2D eigenvalue weighted by molar-refractivity contribution is 0.0998. The van der Waals surface area contributed by atoms with Crippen molar-refractivity contribution in [2.45, 2.75) is 25.2 Å². The fourth-order valence-corrected chi connectivity index (χ4v) is 4.20. The van der Waals surface area contributed by atoms with Gasteiger partial charge in [0.2, 0.25) is 5.95 Å². The monoisotopic (exact) mass is 407 g/mol. The minimum atomic E-state index is -0.713. The van der Waals surface area contributed by atoms with E-state index in [1.54, 1.807) is 30.7 Å². The van der Waals surface area contributed by atoms with Crippen LogP contribution < -0.4 is 11.1 Å². The van der Waals surface area contributed by atoms with Gasteiger partial charge in [0.05, 0.1) is 11.3 Å². The van der Waals surface area contributed by atoms with Gasteiger partial charge in [-0.25, -0.2) is 14.4 Å². The van der Waals surface area contributed by atoms with Gasteiger partial charge in [-0.2, -0.15) is 0 Å². The summed E-state index contributed by atoms with van der Waals surface area (Å²) in [5.41, 5.74) is 6.76. The molecule has 2 aromatic heterocycles. The molecule has 1 aliphatic rings. The normalized spacial score (nSPS) is 20.4. The molecule has 2 heterocycles. The van der Waals surface area contributed by atoms with Crippen LogP contribution in [0, 0.1) is 11.7 Å². The van der Waals surface area contributed by atoms with Crippen molar-refractivity contribution in [3.63, 3.8) is 0 Å². The van der Waals surface area contributed by atoms with E-state index in [-0.39, 0.29) is 22.5 Å². The third kappa shape index (κ3) is 3.68. The number of halogens is 1. The number of benzene rings is 1. The molecule has 0 saturated heterocycles. The molecule has 0 atom stereocenters. The van der Waals surface area contributed by atoms with Crippen molar-refractivity contribution >= 4 is 11.9 Å². The first kappa shape index (κ1) is 19.8. The summed E-state index contributed by atoms with van der Waals surface area (Å²) < 4.78 is 14.3. The highest BCUT2D eigenvalue weighted by atomic mass is 19.1. The molecule has 1 aromatic carbocycles. The predicted molar refractivity (Wildman–Crippen MR) is 110 cm³/mol. The van der Waals surface area contributed by atoms with Crippen molar-refractivity contribution in [3.8, 4) is 16.9 Å². The number of aromatic nitrogens is 3. The number of anilines is 1. The van der Waals surface area contributed by atoms with Crippen LogP contribution in [-0.4, -0.2) is 32.5 Å². The van der Waals surface area contributed by atoms with Crippen LogP contribution >= 0.6 is 0 Å². The van der Waals surface area contributed by atoms with E-state index in [4.69, 9.17) is 5.73 Å². The van der Waals surface area contributed by atoms with Gasteiger partial charge < -0.3 is 16.2 Å². The highest BCUT2D eigenvalue weighted by Crippen LogP contribution is 2.47. The average molecular weight is 407 g/mol. The second kappa shape index (κ2) is 7.70. The van der Waals surface area contributed by atoms with E-state index in [9.17, 15) is 14.3 Å². The van der Waals surface area contributed by atoms with Crippen molar-refractivity contribution in [2.75, 3.05) is 11.9 Å². The number of carbonyl (C=O) groups excluding carboxylic acids is 1. The fourth-order valence-electron chi connectivity index (χ4n) is 4.20. The summed E-state index contributed by atoms with van der Waals surface area (Å²) in [5, 5.41) is 12.9. The standard InChI is InChI=1S/C22H22FN5O2/c1-13-8-22(9-13,19-17(23)3-2-6-25-19)12-28-21-26-10-15(11-27-21)14-4-5-18(29)16(7-14)20(24)30/h2-7,10-11,13,29H,8-9,12H2,1H3,(H2,24,30)(H,26,27,28). The maximum absolute atomic E-state index is 14.3. The van der Waals surface area contributed by atoms with Gasteiger partial charge in [0.1, 0.15) is 11.6 Å². The van der Waals surface area contributed by atoms with Crippen LogP contribution in [0.2, 0.25) is 0 Å². The Balaban J connectivity index is 1.51. The smallest absolute Gasteiger partial charge is 0.252 e. The first-order valence-corrected chi connectivity index (χ1v) is 9.68. The first-order chi connectivity index (χ1) is 14.4. The fraction of sp³-hybridized carbons (Fsp3) is 0.273. The highest BCUT2D eigenvalue weighted by Gasteiger charge is 2.46. The molecule has 0 aliphatic heterocycles. The average Bonchev–Trinajstić information content (AvgIpc) is 2.71. The number of nitrogens with two attached hydrogens (primary N) is 1. The van der Waals surface area contributed by atoms with Gasteiger partial charge in [0.15, 0.2) is 0 Å². The molecule has 0 unspecified atom stereocenters. The molecule has 8 heteroatoms. The zero-order chi connectivity index (χ0) is 21.3. The largest absolute Gasteiger partial charge is 0.507 e. The number of nitrogens with one attached hydrogen (secondary N) is 1. The Kier molecular flexibility index (Phi) is 5.07. The SMILES string of the molecule is CC1CC(CNc2ncc(-c3ccc(O)c(C(N)=O)c3)cn2)(c2ncccc2F)C1. The first-order valence-electron chi connectivity index (χ1n) is 9.68. The number of rotatable bonds is 6. The maximum Gasteiger partial charge on any atom is 0.252 e. The number of aromatic hydroxyl groups is 1. The molecule has 4 N–H and O–H groups in total. The second-order valence-corrected chi connectivity index (χ2v) is 7.87. The lowest BCUT2D eigenvalue weighted by Gasteiger charge is -2.46. The molecule has 0 spiro atoms. The highest BCUT2D eigenvalue weighted by molar-refractivity contribution is 5.96. The molecule has 1 aliphatic carbocycles. The second-order valence-electron chi connectivity index (χ2n) is 7.87. The summed E-state index contributed by atoms with van der Waals surface area (Å²) in [4.78, 5) is 24.4. The van der Waals surface area contributed by atoms with Crippen molar-refractivity contribution in [1.82, 2.24) is 15.0 Å². The molecule has 1 amide bonds. The Morgan fingerprint density at radius 2 is 1.97 bits per heavy atom. The molecule has 30 heavy (non-hydrogen) atoms. The number of pyridine rings is 1. The van der Waals surface area contributed by atoms with Crippen LogP contribution in [0.3, 0.4) is 0 Å². The summed E-state index contributed by atoms with van der Waals surface area (Å²) in [6.07, 6.45) is 6.53. The van der Waals surface area contributed by atoms with Crippen LogP contribution in [0.25, 0.3) is 11.1 Å². The summed E-state index contributed by atoms with van der Waals surface area (Å²) in [7, 11) is 0. The number of primary amides is 1. The minimum Gasteiger partial charge on any atom is -0.507 e. The molecule has 0 radical (unpaired) electrons. The Labute approximate surface area is 173 Å². The molecule has 154 valence electrons. The van der Waals surface area contributed by atoms with Crippen molar-refractivity contribution in [2.24, 2.45) is 11.7 Å². The lowest BCUT2D eigenvalue weighted by Crippen LogP contribution is -2.47. The van der Waals surface area contributed by atoms with Crippen LogP contribution in [0.5, 0.6) is 5.75 Å². The molecular weight excluding hydrogens is 385 g/mol. The zero-order valence-electron chi connectivity index (χ0n) is 16.5. The van der Waals surface area contributed by atoms with Gasteiger partial charge in [0.25, 0.3) is 5.91 Å². The van der Waals surface area contributed by atoms with Gasteiger partial charge in [-0.1, -0.05) is 13.0 Å². The van der Waals surface area contributed by atoms with E-state index in [2.05, 4.69) is 27.2 Å². The third-order valence-electron chi connectivity index (χ3n) is 5.57. The van der Waals surface area contributed by atoms with E-state index in [1.165, 1.54) is 18.2 Å². The maximum atomic E-state index is 14.3. The minimum absolute atomic E-state index is 0.0353. The topological polar surface area (TPSA) is 114 Å². The van der Waals surface area contributed by atoms with Gasteiger partial charge in [-0.05, 0) is 48.6 Å². The molecule has 1 saturated carbocycles. The van der Waals surface area contributed by atoms with Crippen molar-refractivity contribution in [1.29, 1.82) is 0 Å². The van der Waals surface area contributed by atoms with Gasteiger partial charge in [-0.15, -0.1) is 0 Å². The quantitative estimate of drug-likeness (QED) is 0.578. The van der Waals surface area contributed by atoms with E-state index in [0.717, 1.165) is 12.8 Å². The predicted octanol–water partition coefficient (Wildman–Crippen LogP) is 3.26. The molecule has 3 aromatic rings. The molecular formula is C22H22FN5O2. The van der Waals surface area contributed by atoms with Crippen LogP contribution in [0.15, 0.2) is 48.9 Å². The van der Waals surface area contributed by atoms with Crippen molar-refractivity contribution in [3.05, 3.63) is 66.0 Å². The summed E-state index contributed by atoms with van der Waals surface area (Å²) in [6.45, 7) is 2.62. The number of hydrogen-bond donors (Lipinski definition) is 3. The van der Waals surface area contributed by atoms with Crippen molar-refractivity contribution < 1.29 is 14.3 Å². The number of hydrogen-bond acceptors (Lipinski definition) is 6. The summed E-state index contributed by atoms with van der Waals surface area (Å²) >= 11 is 0. The number of nitrogens with zero attached hydrogens (tertiary/aromatic N) is 3. The Morgan fingerprint density at radius 3 is 2.60 bits per heavy atom. The van der Waals surface area contributed by atoms with Crippen LogP contribution in [-0.2, 0) is 5.41 Å². The number of phenols is 1. The molecule has 1 fully saturated rings. The van der Waals surface area contributed by atoms with Gasteiger partial charge >= 0.3 is 0 Å². The lowest BCUT2D eigenvalue weighted by atomic mass is 9.60. The molecule has 0 bridgehead atoms. The van der Waals surface area contributed by atoms with E-state index in [1.807, 2.05) is 0 Å². The third-order valence-corrected chi connectivity index (χ3v) is 5.57. The summed E-state index contributed by atoms with van der Waals surface area (Å²) in [5.74, 6) is -0.254. The Morgan fingerprint density at radius 1 is 1.23 bits per heavy atom. The zero-order valence-corrected chi connectivity index (χ0v) is 16.5. The van der Waals surface area contributed by atoms with E-state index in [0.29, 0.717) is 35.2 Å². The van der Waals surface area contributed by atoms with Gasteiger partial charge in [0, 0.05) is 36.1 Å². The number of carbonyl (C=O) groups is 1. The van der Waals surface area contributed by atoms with Crippen LogP contribution in [0.4, 0.5) is 10.3 Å². The van der Waals surface area contributed by atoms with Crippen LogP contribution in [0.1, 0.15) is 35.8 Å². The van der Waals surface area contributed by atoms with E-state index >= 15 is 0 Å². The molecule has 4 rings (SSSR count). The Hall–Kier alpha value is -3.55. The summed E-state index contributed by atoms with van der Waals surface area (Å²) in [6, 6.07) is 7.60. The molecule has 7 nitrogen and oxygen atoms in total. The Bertz CT molecular complexity index is 1080. The van der Waals surface area contributed by atoms with Gasteiger partial charge in [-0.3, -0.25) is 9.78 Å². The van der Waals surface area contributed by atoms with E-state index < -0.39 is 5.91 Å². The number of amides is 1.